The van der Waals surface area contributed by atoms with Crippen molar-refractivity contribution in [2.75, 3.05) is 19.1 Å². The Hall–Kier alpha value is -0.540. The molecule has 0 fully saturated rings. The van der Waals surface area contributed by atoms with E-state index in [1.165, 1.54) is 6.07 Å². The van der Waals surface area contributed by atoms with E-state index in [4.69, 9.17) is 0 Å². The van der Waals surface area contributed by atoms with E-state index in [0.29, 0.717) is 0 Å². The van der Waals surface area contributed by atoms with Crippen molar-refractivity contribution in [3.05, 3.63) is 35.6 Å². The molecule has 1 nitrogen and oxygen atoms in total. The van der Waals surface area contributed by atoms with Crippen LogP contribution in [0.3, 0.4) is 0 Å². The Morgan fingerprint density at radius 1 is 1.54 bits per heavy atom. The number of benzene rings is 1. The summed E-state index contributed by atoms with van der Waals surface area (Å²) in [5, 5.41) is 3.16. The predicted octanol–water partition coefficient (Wildman–Crippen LogP) is 2.45. The van der Waals surface area contributed by atoms with Gasteiger partial charge in [-0.1, -0.05) is 12.1 Å². The first-order chi connectivity index (χ1) is 6.27. The maximum absolute atomic E-state index is 12.9. The standard InChI is InChI=1S/C10H14FNS/c1-12-10(7-13-2)8-4-3-5-9(11)6-8/h3-6,10,12H,7H2,1-2H3. The molecule has 0 amide bonds. The minimum atomic E-state index is -0.168. The first-order valence-corrected chi connectivity index (χ1v) is 5.59. The molecule has 0 saturated carbocycles. The molecule has 0 aliphatic carbocycles. The molecule has 3 heteroatoms. The van der Waals surface area contributed by atoms with Gasteiger partial charge in [0.25, 0.3) is 0 Å². The van der Waals surface area contributed by atoms with Gasteiger partial charge >= 0.3 is 0 Å². The average molecular weight is 199 g/mol. The van der Waals surface area contributed by atoms with Gasteiger partial charge in [0, 0.05) is 11.8 Å². The van der Waals surface area contributed by atoms with Gasteiger partial charge in [0.1, 0.15) is 5.82 Å². The van der Waals surface area contributed by atoms with E-state index in [-0.39, 0.29) is 11.9 Å². The molecule has 0 aliphatic heterocycles. The second kappa shape index (κ2) is 5.25. The van der Waals surface area contributed by atoms with Crippen molar-refractivity contribution in [2.24, 2.45) is 0 Å². The van der Waals surface area contributed by atoms with E-state index in [1.54, 1.807) is 23.9 Å². The Bertz CT molecular complexity index is 265. The van der Waals surface area contributed by atoms with Crippen molar-refractivity contribution in [3.8, 4) is 0 Å². The third-order valence-corrected chi connectivity index (χ3v) is 2.60. The van der Waals surface area contributed by atoms with Gasteiger partial charge in [0.05, 0.1) is 0 Å². The lowest BCUT2D eigenvalue weighted by atomic mass is 10.1. The zero-order chi connectivity index (χ0) is 9.68. The molecule has 0 radical (unpaired) electrons. The molecular formula is C10H14FNS. The molecule has 72 valence electrons. The normalized spacial score (nSPS) is 12.8. The highest BCUT2D eigenvalue weighted by atomic mass is 32.2. The summed E-state index contributed by atoms with van der Waals surface area (Å²) >= 11 is 1.75. The first-order valence-electron chi connectivity index (χ1n) is 4.19. The second-order valence-electron chi connectivity index (χ2n) is 2.85. The molecule has 13 heavy (non-hydrogen) atoms. The topological polar surface area (TPSA) is 12.0 Å². The highest BCUT2D eigenvalue weighted by Crippen LogP contribution is 2.17. The Kier molecular flexibility index (Phi) is 4.25. The summed E-state index contributed by atoms with van der Waals surface area (Å²) in [6.45, 7) is 0. The molecule has 1 aromatic rings. The van der Waals surface area contributed by atoms with Crippen LogP contribution in [-0.2, 0) is 0 Å². The van der Waals surface area contributed by atoms with Crippen LogP contribution in [0.4, 0.5) is 4.39 Å². The van der Waals surface area contributed by atoms with Gasteiger partial charge in [-0.05, 0) is 31.0 Å². The zero-order valence-electron chi connectivity index (χ0n) is 7.88. The maximum Gasteiger partial charge on any atom is 0.123 e. The average Bonchev–Trinajstić information content (AvgIpc) is 2.14. The van der Waals surface area contributed by atoms with Gasteiger partial charge in [-0.15, -0.1) is 0 Å². The number of halogens is 1. The van der Waals surface area contributed by atoms with Gasteiger partial charge < -0.3 is 5.32 Å². The highest BCUT2D eigenvalue weighted by Gasteiger charge is 2.07. The SMILES string of the molecule is CNC(CSC)c1cccc(F)c1. The maximum atomic E-state index is 12.9. The monoisotopic (exact) mass is 199 g/mol. The van der Waals surface area contributed by atoms with Gasteiger partial charge in [0.15, 0.2) is 0 Å². The molecule has 0 saturated heterocycles. The molecule has 0 bridgehead atoms. The molecule has 0 aliphatic rings. The van der Waals surface area contributed by atoms with E-state index in [2.05, 4.69) is 5.32 Å². The largest absolute Gasteiger partial charge is 0.312 e. The Morgan fingerprint density at radius 2 is 2.31 bits per heavy atom. The summed E-state index contributed by atoms with van der Waals surface area (Å²) < 4.78 is 12.9. The first kappa shape index (κ1) is 10.5. The fourth-order valence-corrected chi connectivity index (χ4v) is 1.93. The molecule has 1 rings (SSSR count). The molecule has 0 aromatic heterocycles. The summed E-state index contributed by atoms with van der Waals surface area (Å²) in [5.41, 5.74) is 1.01. The fraction of sp³-hybridized carbons (Fsp3) is 0.400. The second-order valence-corrected chi connectivity index (χ2v) is 3.76. The summed E-state index contributed by atoms with van der Waals surface area (Å²) in [6.07, 6.45) is 2.05. The number of thioether (sulfide) groups is 1. The van der Waals surface area contributed by atoms with E-state index in [9.17, 15) is 4.39 Å². The van der Waals surface area contributed by atoms with Crippen molar-refractivity contribution in [2.45, 2.75) is 6.04 Å². The van der Waals surface area contributed by atoms with E-state index in [0.717, 1.165) is 11.3 Å². The van der Waals surface area contributed by atoms with Crippen LogP contribution in [0.5, 0.6) is 0 Å². The number of hydrogen-bond donors (Lipinski definition) is 1. The Morgan fingerprint density at radius 3 is 2.85 bits per heavy atom. The summed E-state index contributed by atoms with van der Waals surface area (Å²) in [5.74, 6) is 0.791. The smallest absolute Gasteiger partial charge is 0.123 e. The van der Waals surface area contributed by atoms with Crippen molar-refractivity contribution < 1.29 is 4.39 Å². The van der Waals surface area contributed by atoms with Crippen molar-refractivity contribution in [1.29, 1.82) is 0 Å². The van der Waals surface area contributed by atoms with Crippen LogP contribution in [0.1, 0.15) is 11.6 Å². The number of rotatable bonds is 4. The van der Waals surface area contributed by atoms with Crippen molar-refractivity contribution in [1.82, 2.24) is 5.32 Å². The molecule has 1 N–H and O–H groups in total. The molecule has 1 unspecified atom stereocenters. The minimum absolute atomic E-state index is 0.168. The molecule has 0 spiro atoms. The minimum Gasteiger partial charge on any atom is -0.312 e. The van der Waals surface area contributed by atoms with E-state index >= 15 is 0 Å². The molecule has 1 aromatic carbocycles. The van der Waals surface area contributed by atoms with Crippen molar-refractivity contribution in [3.63, 3.8) is 0 Å². The summed E-state index contributed by atoms with van der Waals surface area (Å²) in [7, 11) is 1.89. The molecular weight excluding hydrogens is 185 g/mol. The number of hydrogen-bond acceptors (Lipinski definition) is 2. The Labute approximate surface area is 82.7 Å². The lowest BCUT2D eigenvalue weighted by Crippen LogP contribution is -2.18. The van der Waals surface area contributed by atoms with Gasteiger partial charge in [-0.2, -0.15) is 11.8 Å². The quantitative estimate of drug-likeness (QED) is 0.799. The van der Waals surface area contributed by atoms with Crippen molar-refractivity contribution >= 4 is 11.8 Å². The highest BCUT2D eigenvalue weighted by molar-refractivity contribution is 7.98. The van der Waals surface area contributed by atoms with Crippen LogP contribution in [0.25, 0.3) is 0 Å². The fourth-order valence-electron chi connectivity index (χ4n) is 1.24. The van der Waals surface area contributed by atoms with Crippen LogP contribution in [0, 0.1) is 5.82 Å². The lowest BCUT2D eigenvalue weighted by Gasteiger charge is -2.14. The van der Waals surface area contributed by atoms with Crippen LogP contribution in [-0.4, -0.2) is 19.1 Å². The van der Waals surface area contributed by atoms with E-state index < -0.39 is 0 Å². The lowest BCUT2D eigenvalue weighted by molar-refractivity contribution is 0.611. The summed E-state index contributed by atoms with van der Waals surface area (Å²) in [4.78, 5) is 0. The molecule has 1 atom stereocenters. The zero-order valence-corrected chi connectivity index (χ0v) is 8.70. The number of nitrogens with one attached hydrogen (secondary N) is 1. The van der Waals surface area contributed by atoms with Gasteiger partial charge in [0.2, 0.25) is 0 Å². The van der Waals surface area contributed by atoms with Crippen LogP contribution >= 0.6 is 11.8 Å². The van der Waals surface area contributed by atoms with Crippen LogP contribution in [0.2, 0.25) is 0 Å². The summed E-state index contributed by atoms with van der Waals surface area (Å²) in [6, 6.07) is 6.98. The third kappa shape index (κ3) is 3.01. The predicted molar refractivity (Wildman–Crippen MR) is 56.6 cm³/mol. The van der Waals surface area contributed by atoms with Gasteiger partial charge in [-0.25, -0.2) is 4.39 Å². The van der Waals surface area contributed by atoms with Crippen LogP contribution < -0.4 is 5.32 Å². The van der Waals surface area contributed by atoms with Gasteiger partial charge in [-0.3, -0.25) is 0 Å². The third-order valence-electron chi connectivity index (χ3n) is 1.93. The van der Waals surface area contributed by atoms with Crippen LogP contribution in [0.15, 0.2) is 24.3 Å². The molecule has 0 heterocycles. The van der Waals surface area contributed by atoms with E-state index in [1.807, 2.05) is 19.4 Å². The Balaban J connectivity index is 2.78.